The smallest absolute Gasteiger partial charge is 0.241 e. The number of hydrogen-bond acceptors (Lipinski definition) is 3. The van der Waals surface area contributed by atoms with Crippen LogP contribution in [-0.2, 0) is 26.8 Å². The first-order valence-corrected chi connectivity index (χ1v) is 9.49. The Morgan fingerprint density at radius 3 is 2.46 bits per heavy atom. The third-order valence-corrected chi connectivity index (χ3v) is 6.41. The fraction of sp³-hybridized carbons (Fsp3) is 0.278. The van der Waals surface area contributed by atoms with Gasteiger partial charge in [0.15, 0.2) is 0 Å². The van der Waals surface area contributed by atoms with E-state index in [1.807, 2.05) is 30.3 Å². The molecular formula is C18H18N2O3S. The van der Waals surface area contributed by atoms with Gasteiger partial charge in [0.2, 0.25) is 15.9 Å². The van der Waals surface area contributed by atoms with Gasteiger partial charge in [-0.25, -0.2) is 13.1 Å². The zero-order valence-corrected chi connectivity index (χ0v) is 13.9. The maximum atomic E-state index is 12.9. The fourth-order valence-corrected chi connectivity index (χ4v) is 4.92. The highest BCUT2D eigenvalue weighted by molar-refractivity contribution is 7.89. The molecule has 0 radical (unpaired) electrons. The van der Waals surface area contributed by atoms with Crippen LogP contribution in [0.5, 0.6) is 0 Å². The van der Waals surface area contributed by atoms with Gasteiger partial charge in [0.25, 0.3) is 0 Å². The van der Waals surface area contributed by atoms with Crippen LogP contribution in [0.2, 0.25) is 0 Å². The van der Waals surface area contributed by atoms with Crippen LogP contribution in [0, 0.1) is 0 Å². The second-order valence-electron chi connectivity index (χ2n) is 6.45. The van der Waals surface area contributed by atoms with Crippen LogP contribution in [-0.4, -0.2) is 14.3 Å². The molecule has 0 unspecified atom stereocenters. The van der Waals surface area contributed by atoms with E-state index in [1.54, 1.807) is 18.2 Å². The number of sulfonamides is 1. The van der Waals surface area contributed by atoms with Crippen molar-refractivity contribution in [3.8, 4) is 0 Å². The summed E-state index contributed by atoms with van der Waals surface area (Å²) in [7, 11) is -3.66. The van der Waals surface area contributed by atoms with Crippen molar-refractivity contribution < 1.29 is 13.2 Å². The largest absolute Gasteiger partial charge is 0.326 e. The molecule has 1 fully saturated rings. The lowest BCUT2D eigenvalue weighted by atomic mass is 9.73. The Morgan fingerprint density at radius 1 is 1.04 bits per heavy atom. The molecule has 2 aromatic rings. The molecule has 0 atom stereocenters. The number of anilines is 1. The number of rotatable bonds is 4. The Hall–Kier alpha value is -2.18. The Morgan fingerprint density at radius 2 is 1.79 bits per heavy atom. The first-order valence-electron chi connectivity index (χ1n) is 8.01. The number of nitrogens with one attached hydrogen (secondary N) is 2. The molecule has 1 aliphatic heterocycles. The van der Waals surface area contributed by atoms with E-state index >= 15 is 0 Å². The lowest BCUT2D eigenvalue weighted by Gasteiger charge is -2.42. The molecule has 24 heavy (non-hydrogen) atoms. The minimum Gasteiger partial charge on any atom is -0.326 e. The van der Waals surface area contributed by atoms with E-state index in [0.29, 0.717) is 5.69 Å². The second-order valence-corrected chi connectivity index (χ2v) is 8.13. The summed E-state index contributed by atoms with van der Waals surface area (Å²) in [5.74, 6) is -0.104. The molecule has 124 valence electrons. The van der Waals surface area contributed by atoms with Gasteiger partial charge in [-0.3, -0.25) is 4.79 Å². The second kappa shape index (κ2) is 5.43. The highest BCUT2D eigenvalue weighted by Gasteiger charge is 2.42. The van der Waals surface area contributed by atoms with Crippen LogP contribution in [0.3, 0.4) is 0 Å². The summed E-state index contributed by atoms with van der Waals surface area (Å²) in [5, 5.41) is 2.72. The molecule has 6 heteroatoms. The van der Waals surface area contributed by atoms with Gasteiger partial charge in [-0.2, -0.15) is 0 Å². The van der Waals surface area contributed by atoms with E-state index in [2.05, 4.69) is 10.0 Å². The Bertz CT molecular complexity index is 903. The van der Waals surface area contributed by atoms with Crippen LogP contribution in [0.25, 0.3) is 0 Å². The van der Waals surface area contributed by atoms with Crippen molar-refractivity contribution in [1.82, 2.24) is 4.72 Å². The monoisotopic (exact) mass is 342 g/mol. The first-order chi connectivity index (χ1) is 11.5. The third kappa shape index (κ3) is 2.52. The van der Waals surface area contributed by atoms with Crippen molar-refractivity contribution in [2.24, 2.45) is 0 Å². The van der Waals surface area contributed by atoms with Gasteiger partial charge >= 0.3 is 0 Å². The molecule has 1 aliphatic carbocycles. The van der Waals surface area contributed by atoms with Gasteiger partial charge in [-0.15, -0.1) is 0 Å². The van der Waals surface area contributed by atoms with E-state index in [0.717, 1.165) is 30.4 Å². The molecule has 2 aromatic carbocycles. The number of hydrogen-bond donors (Lipinski definition) is 2. The summed E-state index contributed by atoms with van der Waals surface area (Å²) in [6, 6.07) is 14.5. The number of carbonyl (C=O) groups is 1. The molecule has 2 N–H and O–H groups in total. The average molecular weight is 342 g/mol. The van der Waals surface area contributed by atoms with Crippen molar-refractivity contribution in [2.75, 3.05) is 5.32 Å². The molecule has 2 aliphatic rings. The molecule has 1 heterocycles. The number of carbonyl (C=O) groups excluding carboxylic acids is 1. The summed E-state index contributed by atoms with van der Waals surface area (Å²) in [4.78, 5) is 11.7. The normalized spacial score (nSPS) is 18.6. The topological polar surface area (TPSA) is 75.3 Å². The molecule has 0 aromatic heterocycles. The maximum Gasteiger partial charge on any atom is 0.241 e. The molecule has 0 spiro atoms. The van der Waals surface area contributed by atoms with Gasteiger partial charge in [-0.05, 0) is 48.6 Å². The number of fused-ring (bicyclic) bond motifs is 1. The van der Waals surface area contributed by atoms with Crippen LogP contribution in [0.4, 0.5) is 5.69 Å². The molecule has 4 rings (SSSR count). The van der Waals surface area contributed by atoms with E-state index in [4.69, 9.17) is 0 Å². The molecular weight excluding hydrogens is 324 g/mol. The van der Waals surface area contributed by atoms with Crippen molar-refractivity contribution >= 4 is 21.6 Å². The number of benzene rings is 2. The summed E-state index contributed by atoms with van der Waals surface area (Å²) in [5.41, 5.74) is 1.90. The summed E-state index contributed by atoms with van der Waals surface area (Å²) in [6.07, 6.45) is 2.81. The lowest BCUT2D eigenvalue weighted by molar-refractivity contribution is -0.115. The van der Waals surface area contributed by atoms with Crippen LogP contribution < -0.4 is 10.0 Å². The van der Waals surface area contributed by atoms with Gasteiger partial charge < -0.3 is 5.32 Å². The van der Waals surface area contributed by atoms with Gasteiger partial charge in [-0.1, -0.05) is 30.3 Å². The predicted molar refractivity (Wildman–Crippen MR) is 91.1 cm³/mol. The minimum atomic E-state index is -3.66. The average Bonchev–Trinajstić information content (AvgIpc) is 2.91. The van der Waals surface area contributed by atoms with E-state index in [9.17, 15) is 13.2 Å². The zero-order valence-electron chi connectivity index (χ0n) is 13.1. The molecule has 0 bridgehead atoms. The molecule has 1 saturated carbocycles. The quantitative estimate of drug-likeness (QED) is 0.896. The minimum absolute atomic E-state index is 0.104. The lowest BCUT2D eigenvalue weighted by Crippen LogP contribution is -2.50. The van der Waals surface area contributed by atoms with Crippen molar-refractivity contribution in [3.05, 3.63) is 59.7 Å². The maximum absolute atomic E-state index is 12.9. The van der Waals surface area contributed by atoms with Crippen LogP contribution in [0.15, 0.2) is 53.4 Å². The first kappa shape index (κ1) is 15.4. The van der Waals surface area contributed by atoms with Crippen molar-refractivity contribution in [2.45, 2.75) is 36.1 Å². The predicted octanol–water partition coefficient (Wildman–Crippen LogP) is 2.54. The van der Waals surface area contributed by atoms with Crippen LogP contribution in [0.1, 0.15) is 30.4 Å². The summed E-state index contributed by atoms with van der Waals surface area (Å²) < 4.78 is 28.7. The Labute approximate surface area is 141 Å². The van der Waals surface area contributed by atoms with Gasteiger partial charge in [0.05, 0.1) is 16.9 Å². The summed E-state index contributed by atoms with van der Waals surface area (Å²) >= 11 is 0. The molecule has 1 amide bonds. The highest BCUT2D eigenvalue weighted by Crippen LogP contribution is 2.42. The third-order valence-electron chi connectivity index (χ3n) is 4.88. The summed E-state index contributed by atoms with van der Waals surface area (Å²) in [6.45, 7) is 0. The van der Waals surface area contributed by atoms with Crippen molar-refractivity contribution in [1.29, 1.82) is 0 Å². The van der Waals surface area contributed by atoms with Crippen molar-refractivity contribution in [3.63, 3.8) is 0 Å². The van der Waals surface area contributed by atoms with E-state index in [-0.39, 0.29) is 17.2 Å². The number of amides is 1. The molecule has 5 nitrogen and oxygen atoms in total. The van der Waals surface area contributed by atoms with Crippen LogP contribution >= 0.6 is 0 Å². The SMILES string of the molecule is O=C1Cc2cc(S(=O)(=O)NC3(c4ccccc4)CCC3)ccc2N1. The zero-order chi connectivity index (χ0) is 16.8. The fourth-order valence-electron chi connectivity index (χ4n) is 3.43. The van der Waals surface area contributed by atoms with E-state index < -0.39 is 15.6 Å². The molecule has 0 saturated heterocycles. The Kier molecular flexibility index (Phi) is 3.47. The van der Waals surface area contributed by atoms with Gasteiger partial charge in [0.1, 0.15) is 0 Å². The van der Waals surface area contributed by atoms with Gasteiger partial charge in [0, 0.05) is 5.69 Å². The van der Waals surface area contributed by atoms with E-state index in [1.165, 1.54) is 0 Å². The highest BCUT2D eigenvalue weighted by atomic mass is 32.2. The Balaban J connectivity index is 1.66. The standard InChI is InChI=1S/C18H18N2O3S/c21-17-12-13-11-15(7-8-16(13)19-17)24(22,23)20-18(9-4-10-18)14-5-2-1-3-6-14/h1-3,5-8,11,20H,4,9-10,12H2,(H,19,21).